The lowest BCUT2D eigenvalue weighted by Gasteiger charge is -2.02. The van der Waals surface area contributed by atoms with Gasteiger partial charge in [0.25, 0.3) is 0 Å². The Kier molecular flexibility index (Phi) is 3.02. The highest BCUT2D eigenvalue weighted by molar-refractivity contribution is 9.10. The van der Waals surface area contributed by atoms with E-state index in [1.54, 1.807) is 10.6 Å². The third-order valence-electron chi connectivity index (χ3n) is 2.81. The minimum atomic E-state index is -0.327. The molecule has 98 valence electrons. The number of rotatable bonds is 2. The molecule has 3 aromatic rings. The van der Waals surface area contributed by atoms with Gasteiger partial charge in [0.2, 0.25) is 0 Å². The van der Waals surface area contributed by atoms with Crippen molar-refractivity contribution >= 4 is 39.2 Å². The lowest BCUT2D eigenvalue weighted by atomic mass is 10.3. The molecule has 0 saturated carbocycles. The minimum absolute atomic E-state index is 0.327. The Bertz CT molecular complexity index is 820. The number of hydrogen-bond donors (Lipinski definition) is 1. The van der Waals surface area contributed by atoms with Crippen molar-refractivity contribution < 1.29 is 8.91 Å². The second kappa shape index (κ2) is 4.57. The molecule has 1 aromatic carbocycles. The highest BCUT2D eigenvalue weighted by Gasteiger charge is 2.10. The van der Waals surface area contributed by atoms with Crippen molar-refractivity contribution in [2.45, 2.75) is 13.5 Å². The monoisotopic (exact) mass is 341 g/mol. The fourth-order valence-corrected chi connectivity index (χ4v) is 2.58. The van der Waals surface area contributed by atoms with Crippen LogP contribution in [0.5, 0.6) is 0 Å². The van der Waals surface area contributed by atoms with Crippen LogP contribution in [0.1, 0.15) is 11.5 Å². The first-order chi connectivity index (χ1) is 9.04. The molecule has 0 spiro atoms. The van der Waals surface area contributed by atoms with Gasteiger partial charge in [-0.05, 0) is 41.1 Å². The summed E-state index contributed by atoms with van der Waals surface area (Å²) >= 11 is 8.41. The standard InChI is InChI=1S/C12H9BrFN3OS/c1-6-2-7(16-18-6)5-17-11-4-9(14)8(13)3-10(11)15-12(17)19/h2-4H,5H2,1H3,(H,15,19). The SMILES string of the molecule is Cc1cc(Cn2c(=S)[nH]c3cc(Br)c(F)cc32)no1. The van der Waals surface area contributed by atoms with Crippen LogP contribution in [-0.2, 0) is 6.54 Å². The molecule has 2 aromatic heterocycles. The molecule has 0 saturated heterocycles. The number of benzene rings is 1. The van der Waals surface area contributed by atoms with Crippen molar-refractivity contribution in [3.8, 4) is 0 Å². The van der Waals surface area contributed by atoms with Crippen LogP contribution in [0.3, 0.4) is 0 Å². The van der Waals surface area contributed by atoms with Crippen LogP contribution in [0, 0.1) is 17.5 Å². The number of nitrogens with zero attached hydrogens (tertiary/aromatic N) is 2. The van der Waals surface area contributed by atoms with E-state index in [2.05, 4.69) is 26.1 Å². The van der Waals surface area contributed by atoms with Crippen molar-refractivity contribution in [2.24, 2.45) is 0 Å². The number of aromatic amines is 1. The Morgan fingerprint density at radius 1 is 1.47 bits per heavy atom. The van der Waals surface area contributed by atoms with Crippen LogP contribution >= 0.6 is 28.1 Å². The van der Waals surface area contributed by atoms with Gasteiger partial charge in [-0.3, -0.25) is 0 Å². The summed E-state index contributed by atoms with van der Waals surface area (Å²) in [4.78, 5) is 3.04. The normalized spacial score (nSPS) is 11.3. The summed E-state index contributed by atoms with van der Waals surface area (Å²) in [6.07, 6.45) is 0. The Morgan fingerprint density at radius 3 is 2.95 bits per heavy atom. The molecule has 3 rings (SSSR count). The van der Waals surface area contributed by atoms with E-state index in [4.69, 9.17) is 16.7 Å². The molecule has 4 nitrogen and oxygen atoms in total. The zero-order valence-electron chi connectivity index (χ0n) is 9.91. The largest absolute Gasteiger partial charge is 0.361 e. The molecule has 7 heteroatoms. The van der Waals surface area contributed by atoms with E-state index in [9.17, 15) is 4.39 Å². The summed E-state index contributed by atoms with van der Waals surface area (Å²) in [5, 5.41) is 3.92. The van der Waals surface area contributed by atoms with Gasteiger partial charge < -0.3 is 14.1 Å². The van der Waals surface area contributed by atoms with E-state index in [-0.39, 0.29) is 5.82 Å². The van der Waals surface area contributed by atoms with E-state index in [0.717, 1.165) is 17.0 Å². The number of aromatic nitrogens is 3. The number of nitrogens with one attached hydrogen (secondary N) is 1. The van der Waals surface area contributed by atoms with Gasteiger partial charge in [0.05, 0.1) is 22.1 Å². The summed E-state index contributed by atoms with van der Waals surface area (Å²) in [6.45, 7) is 2.26. The molecule has 0 bridgehead atoms. The highest BCUT2D eigenvalue weighted by atomic mass is 79.9. The zero-order valence-corrected chi connectivity index (χ0v) is 12.3. The molecule has 19 heavy (non-hydrogen) atoms. The molecule has 0 aliphatic carbocycles. The van der Waals surface area contributed by atoms with Crippen LogP contribution in [0.4, 0.5) is 4.39 Å². The first-order valence-corrected chi connectivity index (χ1v) is 6.74. The number of halogens is 2. The van der Waals surface area contributed by atoms with Crippen LogP contribution in [0.25, 0.3) is 11.0 Å². The van der Waals surface area contributed by atoms with Crippen LogP contribution in [0.2, 0.25) is 0 Å². The number of hydrogen-bond acceptors (Lipinski definition) is 3. The molecule has 0 fully saturated rings. The van der Waals surface area contributed by atoms with E-state index in [1.165, 1.54) is 6.07 Å². The average molecular weight is 342 g/mol. The minimum Gasteiger partial charge on any atom is -0.361 e. The van der Waals surface area contributed by atoms with Crippen LogP contribution in [-0.4, -0.2) is 14.7 Å². The number of imidazole rings is 1. The summed E-state index contributed by atoms with van der Waals surface area (Å²) in [7, 11) is 0. The van der Waals surface area contributed by atoms with Crippen molar-refractivity contribution in [1.29, 1.82) is 0 Å². The van der Waals surface area contributed by atoms with Gasteiger partial charge in [-0.2, -0.15) is 0 Å². The predicted molar refractivity (Wildman–Crippen MR) is 75.1 cm³/mol. The van der Waals surface area contributed by atoms with E-state index >= 15 is 0 Å². The lowest BCUT2D eigenvalue weighted by Crippen LogP contribution is -2.00. The predicted octanol–water partition coefficient (Wildman–Crippen LogP) is 3.95. The Morgan fingerprint density at radius 2 is 2.26 bits per heavy atom. The van der Waals surface area contributed by atoms with Gasteiger partial charge in [0, 0.05) is 12.1 Å². The number of aryl methyl sites for hydroxylation is 1. The molecular formula is C12H9BrFN3OS. The molecule has 0 amide bonds. The molecule has 0 radical (unpaired) electrons. The Labute approximate surface area is 121 Å². The third kappa shape index (κ3) is 2.23. The molecule has 1 N–H and O–H groups in total. The fourth-order valence-electron chi connectivity index (χ4n) is 1.96. The van der Waals surface area contributed by atoms with Crippen LogP contribution in [0.15, 0.2) is 27.2 Å². The van der Waals surface area contributed by atoms with Crippen molar-refractivity contribution in [3.05, 3.63) is 44.7 Å². The lowest BCUT2D eigenvalue weighted by molar-refractivity contribution is 0.389. The Balaban J connectivity index is 2.15. The number of H-pyrrole nitrogens is 1. The number of fused-ring (bicyclic) bond motifs is 1. The highest BCUT2D eigenvalue weighted by Crippen LogP contribution is 2.23. The van der Waals surface area contributed by atoms with E-state index in [0.29, 0.717) is 21.3 Å². The summed E-state index contributed by atoms with van der Waals surface area (Å²) in [5.41, 5.74) is 2.22. The maximum absolute atomic E-state index is 13.6. The van der Waals surface area contributed by atoms with E-state index in [1.807, 2.05) is 13.0 Å². The second-order valence-electron chi connectivity index (χ2n) is 4.23. The molecule has 0 atom stereocenters. The fraction of sp³-hybridized carbons (Fsp3) is 0.167. The third-order valence-corrected chi connectivity index (χ3v) is 3.74. The molecule has 2 heterocycles. The first kappa shape index (κ1) is 12.6. The van der Waals surface area contributed by atoms with Crippen molar-refractivity contribution in [2.75, 3.05) is 0 Å². The average Bonchev–Trinajstić information content (AvgIpc) is 2.87. The van der Waals surface area contributed by atoms with Gasteiger partial charge in [0.1, 0.15) is 17.3 Å². The summed E-state index contributed by atoms with van der Waals surface area (Å²) < 4.78 is 21.4. The summed E-state index contributed by atoms with van der Waals surface area (Å²) in [6, 6.07) is 4.94. The smallest absolute Gasteiger partial charge is 0.178 e. The van der Waals surface area contributed by atoms with Crippen LogP contribution < -0.4 is 0 Å². The quantitative estimate of drug-likeness (QED) is 0.718. The van der Waals surface area contributed by atoms with Crippen molar-refractivity contribution in [1.82, 2.24) is 14.7 Å². The summed E-state index contributed by atoms with van der Waals surface area (Å²) in [5.74, 6) is 0.405. The van der Waals surface area contributed by atoms with E-state index < -0.39 is 0 Å². The van der Waals surface area contributed by atoms with Gasteiger partial charge >= 0.3 is 0 Å². The maximum Gasteiger partial charge on any atom is 0.178 e. The van der Waals surface area contributed by atoms with Crippen molar-refractivity contribution in [3.63, 3.8) is 0 Å². The Hall–Kier alpha value is -1.47. The zero-order chi connectivity index (χ0) is 13.6. The first-order valence-electron chi connectivity index (χ1n) is 5.54. The van der Waals surface area contributed by atoms with Gasteiger partial charge in [-0.1, -0.05) is 5.16 Å². The van der Waals surface area contributed by atoms with Gasteiger partial charge in [0.15, 0.2) is 4.77 Å². The van der Waals surface area contributed by atoms with Gasteiger partial charge in [-0.25, -0.2) is 4.39 Å². The molecule has 0 aliphatic heterocycles. The van der Waals surface area contributed by atoms with Gasteiger partial charge in [-0.15, -0.1) is 0 Å². The molecule has 0 aliphatic rings. The molecule has 0 unspecified atom stereocenters. The second-order valence-corrected chi connectivity index (χ2v) is 5.47. The molecular weight excluding hydrogens is 333 g/mol. The maximum atomic E-state index is 13.6. The topological polar surface area (TPSA) is 46.8 Å².